The number of anilines is 2. The molecule has 6 heteroatoms. The van der Waals surface area contributed by atoms with Gasteiger partial charge in [0.05, 0.1) is 0 Å². The van der Waals surface area contributed by atoms with Crippen molar-refractivity contribution in [2.45, 2.75) is 26.7 Å². The fourth-order valence-corrected chi connectivity index (χ4v) is 3.20. The maximum atomic E-state index is 12.5. The second-order valence-electron chi connectivity index (χ2n) is 5.77. The van der Waals surface area contributed by atoms with Crippen LogP contribution in [-0.2, 0) is 0 Å². The lowest BCUT2D eigenvalue weighted by Crippen LogP contribution is -2.28. The van der Waals surface area contributed by atoms with Gasteiger partial charge >= 0.3 is 0 Å². The Labute approximate surface area is 144 Å². The molecule has 120 valence electrons. The molecule has 0 saturated carbocycles. The molecule has 1 aromatic heterocycles. The number of rotatable bonds is 3. The minimum absolute atomic E-state index is 0.0106. The first kappa shape index (κ1) is 15.9. The molecule has 1 aromatic carbocycles. The van der Waals surface area contributed by atoms with Gasteiger partial charge in [0.2, 0.25) is 0 Å². The highest BCUT2D eigenvalue weighted by Crippen LogP contribution is 2.23. The lowest BCUT2D eigenvalue weighted by Gasteiger charge is -2.16. The molecule has 23 heavy (non-hydrogen) atoms. The molecule has 3 rings (SSSR count). The van der Waals surface area contributed by atoms with Gasteiger partial charge in [-0.25, -0.2) is 9.97 Å². The van der Waals surface area contributed by atoms with Crippen molar-refractivity contribution in [3.8, 4) is 0 Å². The second-order valence-corrected chi connectivity index (χ2v) is 6.68. The number of aryl methyl sites for hydroxylation is 2. The summed E-state index contributed by atoms with van der Waals surface area (Å²) in [5.74, 6) is 1.22. The summed E-state index contributed by atoms with van der Waals surface area (Å²) < 4.78 is 1.03. The van der Waals surface area contributed by atoms with E-state index in [4.69, 9.17) is 0 Å². The SMILES string of the molecule is Cc1nc(Nc2ccc(Br)cc2C)cc(C(=O)N2CCCC2)n1. The Balaban J connectivity index is 1.86. The Morgan fingerprint density at radius 1 is 1.17 bits per heavy atom. The van der Waals surface area contributed by atoms with Crippen LogP contribution in [0.4, 0.5) is 11.5 Å². The molecule has 2 aromatic rings. The van der Waals surface area contributed by atoms with Gasteiger partial charge in [0.25, 0.3) is 5.91 Å². The molecular formula is C17H19BrN4O. The number of nitrogens with zero attached hydrogens (tertiary/aromatic N) is 3. The molecule has 1 aliphatic heterocycles. The smallest absolute Gasteiger partial charge is 0.272 e. The van der Waals surface area contributed by atoms with Crippen molar-refractivity contribution in [2.75, 3.05) is 18.4 Å². The predicted molar refractivity (Wildman–Crippen MR) is 94.1 cm³/mol. The van der Waals surface area contributed by atoms with E-state index in [2.05, 4.69) is 31.2 Å². The van der Waals surface area contributed by atoms with Crippen LogP contribution in [0.5, 0.6) is 0 Å². The molecule has 0 spiro atoms. The third-order valence-corrected chi connectivity index (χ3v) is 4.39. The Bertz CT molecular complexity index is 741. The van der Waals surface area contributed by atoms with Crippen LogP contribution in [0.25, 0.3) is 0 Å². The first-order chi connectivity index (χ1) is 11.0. The van der Waals surface area contributed by atoms with Gasteiger partial charge in [-0.15, -0.1) is 0 Å². The Morgan fingerprint density at radius 3 is 2.61 bits per heavy atom. The van der Waals surface area contributed by atoms with Crippen LogP contribution >= 0.6 is 15.9 Å². The van der Waals surface area contributed by atoms with Gasteiger partial charge < -0.3 is 10.2 Å². The zero-order chi connectivity index (χ0) is 16.4. The third kappa shape index (κ3) is 3.69. The number of benzene rings is 1. The zero-order valence-corrected chi connectivity index (χ0v) is 14.9. The van der Waals surface area contributed by atoms with Crippen LogP contribution < -0.4 is 5.32 Å². The quantitative estimate of drug-likeness (QED) is 0.886. The van der Waals surface area contributed by atoms with Crippen LogP contribution in [0.1, 0.15) is 34.7 Å². The summed E-state index contributed by atoms with van der Waals surface area (Å²) in [6.07, 6.45) is 2.14. The number of hydrogen-bond donors (Lipinski definition) is 1. The van der Waals surface area contributed by atoms with Crippen molar-refractivity contribution in [3.63, 3.8) is 0 Å². The van der Waals surface area contributed by atoms with Gasteiger partial charge in [0.1, 0.15) is 17.3 Å². The predicted octanol–water partition coefficient (Wildman–Crippen LogP) is 3.84. The molecule has 1 amide bonds. The maximum Gasteiger partial charge on any atom is 0.272 e. The number of carbonyl (C=O) groups is 1. The van der Waals surface area contributed by atoms with Crippen molar-refractivity contribution in [1.29, 1.82) is 0 Å². The Kier molecular flexibility index (Phi) is 4.61. The standard InChI is InChI=1S/C17H19BrN4O/c1-11-9-13(18)5-6-14(11)21-16-10-15(19-12(2)20-16)17(23)22-7-3-4-8-22/h5-6,9-10H,3-4,7-8H2,1-2H3,(H,19,20,21). The van der Waals surface area contributed by atoms with Gasteiger partial charge in [-0.1, -0.05) is 15.9 Å². The van der Waals surface area contributed by atoms with E-state index in [9.17, 15) is 4.79 Å². The van der Waals surface area contributed by atoms with E-state index >= 15 is 0 Å². The molecule has 0 atom stereocenters. The van der Waals surface area contributed by atoms with E-state index in [1.165, 1.54) is 0 Å². The number of hydrogen-bond acceptors (Lipinski definition) is 4. The fraction of sp³-hybridized carbons (Fsp3) is 0.353. The van der Waals surface area contributed by atoms with Crippen molar-refractivity contribution < 1.29 is 4.79 Å². The molecular weight excluding hydrogens is 356 g/mol. The zero-order valence-electron chi connectivity index (χ0n) is 13.3. The maximum absolute atomic E-state index is 12.5. The van der Waals surface area contributed by atoms with Crippen LogP contribution in [0, 0.1) is 13.8 Å². The summed E-state index contributed by atoms with van der Waals surface area (Å²) in [6, 6.07) is 7.72. The monoisotopic (exact) mass is 374 g/mol. The van der Waals surface area contributed by atoms with Gasteiger partial charge in [-0.3, -0.25) is 4.79 Å². The molecule has 5 nitrogen and oxygen atoms in total. The summed E-state index contributed by atoms with van der Waals surface area (Å²) in [5.41, 5.74) is 2.52. The van der Waals surface area contributed by atoms with Crippen molar-refractivity contribution in [2.24, 2.45) is 0 Å². The van der Waals surface area contributed by atoms with Gasteiger partial charge in [0.15, 0.2) is 0 Å². The van der Waals surface area contributed by atoms with Crippen LogP contribution in [0.15, 0.2) is 28.7 Å². The van der Waals surface area contributed by atoms with E-state index in [0.29, 0.717) is 17.3 Å². The minimum atomic E-state index is -0.0106. The summed E-state index contributed by atoms with van der Waals surface area (Å²) >= 11 is 3.46. The van der Waals surface area contributed by atoms with Crippen LogP contribution in [0.3, 0.4) is 0 Å². The number of aromatic nitrogens is 2. The minimum Gasteiger partial charge on any atom is -0.340 e. The number of carbonyl (C=O) groups excluding carboxylic acids is 1. The molecule has 0 bridgehead atoms. The number of amides is 1. The highest BCUT2D eigenvalue weighted by molar-refractivity contribution is 9.10. The van der Waals surface area contributed by atoms with Crippen molar-refractivity contribution in [1.82, 2.24) is 14.9 Å². The highest BCUT2D eigenvalue weighted by Gasteiger charge is 2.21. The summed E-state index contributed by atoms with van der Waals surface area (Å²) in [6.45, 7) is 5.46. The number of halogens is 1. The molecule has 0 radical (unpaired) electrons. The van der Waals surface area contributed by atoms with Gasteiger partial charge in [-0.2, -0.15) is 0 Å². The van der Waals surface area contributed by atoms with E-state index in [1.807, 2.05) is 30.0 Å². The molecule has 1 fully saturated rings. The van der Waals surface area contributed by atoms with Gasteiger partial charge in [0, 0.05) is 29.3 Å². The van der Waals surface area contributed by atoms with Crippen molar-refractivity contribution >= 4 is 33.3 Å². The lowest BCUT2D eigenvalue weighted by molar-refractivity contribution is 0.0786. The topological polar surface area (TPSA) is 58.1 Å². The molecule has 1 saturated heterocycles. The van der Waals surface area contributed by atoms with Crippen LogP contribution in [-0.4, -0.2) is 33.9 Å². The van der Waals surface area contributed by atoms with Crippen molar-refractivity contribution in [3.05, 3.63) is 45.8 Å². The average Bonchev–Trinajstić information content (AvgIpc) is 3.03. The highest BCUT2D eigenvalue weighted by atomic mass is 79.9. The molecule has 2 heterocycles. The van der Waals surface area contributed by atoms with E-state index < -0.39 is 0 Å². The second kappa shape index (κ2) is 6.66. The first-order valence-corrected chi connectivity index (χ1v) is 8.50. The Morgan fingerprint density at radius 2 is 1.91 bits per heavy atom. The first-order valence-electron chi connectivity index (χ1n) is 7.71. The van der Waals surface area contributed by atoms with E-state index in [-0.39, 0.29) is 5.91 Å². The molecule has 1 aliphatic rings. The van der Waals surface area contributed by atoms with Gasteiger partial charge in [-0.05, 0) is 50.5 Å². The Hall–Kier alpha value is -1.95. The number of likely N-dealkylation sites (tertiary alicyclic amines) is 1. The molecule has 1 N–H and O–H groups in total. The average molecular weight is 375 g/mol. The summed E-state index contributed by atoms with van der Waals surface area (Å²) in [4.78, 5) is 23.1. The van der Waals surface area contributed by atoms with E-state index in [1.54, 1.807) is 13.0 Å². The third-order valence-electron chi connectivity index (χ3n) is 3.90. The number of nitrogens with one attached hydrogen (secondary N) is 1. The lowest BCUT2D eigenvalue weighted by atomic mass is 10.2. The molecule has 0 aliphatic carbocycles. The summed E-state index contributed by atoms with van der Waals surface area (Å²) in [7, 11) is 0. The fourth-order valence-electron chi connectivity index (χ4n) is 2.73. The largest absolute Gasteiger partial charge is 0.340 e. The van der Waals surface area contributed by atoms with E-state index in [0.717, 1.165) is 41.7 Å². The van der Waals surface area contributed by atoms with Crippen LogP contribution in [0.2, 0.25) is 0 Å². The summed E-state index contributed by atoms with van der Waals surface area (Å²) in [5, 5.41) is 3.28. The molecule has 0 unspecified atom stereocenters. The normalized spacial score (nSPS) is 14.1.